The number of carboxylic acids is 1. The molecule has 1 amide bonds. The summed E-state index contributed by atoms with van der Waals surface area (Å²) in [4.78, 5) is 38.6. The van der Waals surface area contributed by atoms with Gasteiger partial charge in [0, 0.05) is 18.7 Å². The van der Waals surface area contributed by atoms with Gasteiger partial charge < -0.3 is 14.6 Å². The molecule has 0 aromatic heterocycles. The maximum Gasteiger partial charge on any atom is 0.411 e. The zero-order valence-electron chi connectivity index (χ0n) is 22.8. The van der Waals surface area contributed by atoms with E-state index in [4.69, 9.17) is 9.47 Å². The molecule has 0 spiro atoms. The van der Waals surface area contributed by atoms with E-state index in [2.05, 4.69) is 12.1 Å². The SMILES string of the molecule is CC(C)(C)OC(=O)N(CCCCCCSCc1ccccc1)[C@@H](CCC(=O)OCc1ccccc1)C(=O)O. The van der Waals surface area contributed by atoms with Gasteiger partial charge in [0.25, 0.3) is 0 Å². The third kappa shape index (κ3) is 13.0. The Labute approximate surface area is 230 Å². The zero-order valence-corrected chi connectivity index (χ0v) is 23.6. The Balaban J connectivity index is 1.83. The highest BCUT2D eigenvalue weighted by Gasteiger charge is 2.33. The van der Waals surface area contributed by atoms with Crippen molar-refractivity contribution in [3.8, 4) is 0 Å². The van der Waals surface area contributed by atoms with E-state index in [1.165, 1.54) is 10.5 Å². The number of unbranched alkanes of at least 4 members (excludes halogenated alkanes) is 3. The first-order valence-electron chi connectivity index (χ1n) is 13.2. The van der Waals surface area contributed by atoms with E-state index >= 15 is 0 Å². The number of esters is 1. The molecular formula is C30H41NO6S. The molecule has 0 heterocycles. The van der Waals surface area contributed by atoms with E-state index in [-0.39, 0.29) is 26.0 Å². The first kappa shape index (κ1) is 31.2. The molecule has 0 aliphatic carbocycles. The molecule has 1 atom stereocenters. The second kappa shape index (κ2) is 16.8. The number of benzene rings is 2. The lowest BCUT2D eigenvalue weighted by molar-refractivity contribution is -0.147. The van der Waals surface area contributed by atoms with Crippen LogP contribution in [-0.2, 0) is 31.4 Å². The molecule has 0 radical (unpaired) electrons. The number of carbonyl (C=O) groups excluding carboxylic acids is 2. The van der Waals surface area contributed by atoms with Crippen molar-refractivity contribution in [2.75, 3.05) is 12.3 Å². The minimum Gasteiger partial charge on any atom is -0.480 e. The zero-order chi connectivity index (χ0) is 27.8. The van der Waals surface area contributed by atoms with Gasteiger partial charge in [0.15, 0.2) is 0 Å². The maximum absolute atomic E-state index is 12.9. The summed E-state index contributed by atoms with van der Waals surface area (Å²) < 4.78 is 10.8. The summed E-state index contributed by atoms with van der Waals surface area (Å²) in [6.07, 6.45) is 2.75. The lowest BCUT2D eigenvalue weighted by Crippen LogP contribution is -2.48. The van der Waals surface area contributed by atoms with Crippen LogP contribution >= 0.6 is 11.8 Å². The molecule has 208 valence electrons. The summed E-state index contributed by atoms with van der Waals surface area (Å²) in [5.74, 6) is 0.371. The Bertz CT molecular complexity index is 977. The van der Waals surface area contributed by atoms with Crippen molar-refractivity contribution in [1.29, 1.82) is 0 Å². The van der Waals surface area contributed by atoms with Gasteiger partial charge in [0.1, 0.15) is 18.2 Å². The highest BCUT2D eigenvalue weighted by atomic mass is 32.2. The van der Waals surface area contributed by atoms with Crippen molar-refractivity contribution in [2.24, 2.45) is 0 Å². The standard InChI is InChI=1S/C30H41NO6S/c1-30(2,3)37-29(35)31(20-12-4-5-13-21-38-23-25-16-10-7-11-17-25)26(28(33)34)18-19-27(32)36-22-24-14-8-6-9-15-24/h6-11,14-17,26H,4-5,12-13,18-23H2,1-3H3,(H,33,34)/t26-/m0/s1. The Hall–Kier alpha value is -3.00. The van der Waals surface area contributed by atoms with E-state index in [1.807, 2.05) is 60.3 Å². The van der Waals surface area contributed by atoms with Crippen LogP contribution in [0.4, 0.5) is 4.79 Å². The molecule has 8 heteroatoms. The average Bonchev–Trinajstić information content (AvgIpc) is 2.87. The van der Waals surface area contributed by atoms with Crippen LogP contribution in [0.3, 0.4) is 0 Å². The van der Waals surface area contributed by atoms with Gasteiger partial charge in [-0.2, -0.15) is 11.8 Å². The fourth-order valence-corrected chi connectivity index (χ4v) is 4.76. The fraction of sp³-hybridized carbons (Fsp3) is 0.500. The van der Waals surface area contributed by atoms with Gasteiger partial charge in [0.05, 0.1) is 0 Å². The van der Waals surface area contributed by atoms with Crippen molar-refractivity contribution < 1.29 is 29.0 Å². The van der Waals surface area contributed by atoms with Crippen LogP contribution in [0.2, 0.25) is 0 Å². The Morgan fingerprint density at radius 2 is 1.50 bits per heavy atom. The molecule has 0 aliphatic rings. The molecule has 2 aromatic rings. The van der Waals surface area contributed by atoms with Gasteiger partial charge >= 0.3 is 18.0 Å². The number of hydrogen-bond acceptors (Lipinski definition) is 6. The van der Waals surface area contributed by atoms with Gasteiger partial charge in [-0.05, 0) is 56.9 Å². The van der Waals surface area contributed by atoms with Crippen molar-refractivity contribution >= 4 is 29.8 Å². The van der Waals surface area contributed by atoms with Crippen LogP contribution in [-0.4, -0.2) is 52.0 Å². The molecule has 0 unspecified atom stereocenters. The predicted octanol–water partition coefficient (Wildman–Crippen LogP) is 6.69. The number of thioether (sulfide) groups is 1. The Morgan fingerprint density at radius 1 is 0.895 bits per heavy atom. The number of carbonyl (C=O) groups is 3. The van der Waals surface area contributed by atoms with Crippen molar-refractivity contribution in [3.63, 3.8) is 0 Å². The molecule has 2 aromatic carbocycles. The maximum atomic E-state index is 12.9. The highest BCUT2D eigenvalue weighted by Crippen LogP contribution is 2.18. The van der Waals surface area contributed by atoms with Crippen LogP contribution < -0.4 is 0 Å². The highest BCUT2D eigenvalue weighted by molar-refractivity contribution is 7.98. The summed E-state index contributed by atoms with van der Waals surface area (Å²) in [7, 11) is 0. The van der Waals surface area contributed by atoms with Gasteiger partial charge in [-0.3, -0.25) is 9.69 Å². The van der Waals surface area contributed by atoms with Crippen LogP contribution in [0.1, 0.15) is 70.4 Å². The number of nitrogens with zero attached hydrogens (tertiary/aromatic N) is 1. The van der Waals surface area contributed by atoms with Crippen molar-refractivity contribution in [1.82, 2.24) is 4.90 Å². The molecule has 0 aliphatic heterocycles. The van der Waals surface area contributed by atoms with E-state index in [1.54, 1.807) is 20.8 Å². The molecule has 0 saturated carbocycles. The number of rotatable bonds is 16. The summed E-state index contributed by atoms with van der Waals surface area (Å²) in [5.41, 5.74) is 1.40. The number of aliphatic carboxylic acids is 1. The normalized spacial score (nSPS) is 12.0. The first-order chi connectivity index (χ1) is 18.2. The third-order valence-corrected chi connectivity index (χ3v) is 6.82. The summed E-state index contributed by atoms with van der Waals surface area (Å²) in [5, 5.41) is 9.90. The smallest absolute Gasteiger partial charge is 0.411 e. The minimum absolute atomic E-state index is 0.0433. The number of carboxylic acid groups (broad SMARTS) is 1. The molecule has 2 rings (SSSR count). The fourth-order valence-electron chi connectivity index (χ4n) is 3.78. The molecule has 38 heavy (non-hydrogen) atoms. The van der Waals surface area contributed by atoms with Crippen LogP contribution in [0.15, 0.2) is 60.7 Å². The molecule has 0 fully saturated rings. The van der Waals surface area contributed by atoms with Crippen LogP contribution in [0, 0.1) is 0 Å². The van der Waals surface area contributed by atoms with Crippen molar-refractivity contribution in [3.05, 3.63) is 71.8 Å². The van der Waals surface area contributed by atoms with Crippen molar-refractivity contribution in [2.45, 2.75) is 83.3 Å². The monoisotopic (exact) mass is 543 g/mol. The summed E-state index contributed by atoms with van der Waals surface area (Å²) >= 11 is 1.90. The summed E-state index contributed by atoms with van der Waals surface area (Å²) in [6.45, 7) is 5.60. The van der Waals surface area contributed by atoms with Crippen LogP contribution in [0.25, 0.3) is 0 Å². The lowest BCUT2D eigenvalue weighted by atomic mass is 10.1. The average molecular weight is 544 g/mol. The number of ether oxygens (including phenoxy) is 2. The lowest BCUT2D eigenvalue weighted by Gasteiger charge is -2.31. The molecule has 1 N–H and O–H groups in total. The molecule has 7 nitrogen and oxygen atoms in total. The predicted molar refractivity (Wildman–Crippen MR) is 151 cm³/mol. The number of hydrogen-bond donors (Lipinski definition) is 1. The summed E-state index contributed by atoms with van der Waals surface area (Å²) in [6, 6.07) is 18.5. The van der Waals surface area contributed by atoms with E-state index in [9.17, 15) is 19.5 Å². The third-order valence-electron chi connectivity index (χ3n) is 5.70. The van der Waals surface area contributed by atoms with Gasteiger partial charge in [-0.15, -0.1) is 0 Å². The van der Waals surface area contributed by atoms with Gasteiger partial charge in [0.2, 0.25) is 0 Å². The van der Waals surface area contributed by atoms with Gasteiger partial charge in [-0.1, -0.05) is 73.5 Å². The Morgan fingerprint density at radius 3 is 2.11 bits per heavy atom. The second-order valence-corrected chi connectivity index (χ2v) is 11.3. The van der Waals surface area contributed by atoms with E-state index < -0.39 is 29.7 Å². The molecular weight excluding hydrogens is 502 g/mol. The first-order valence-corrected chi connectivity index (χ1v) is 14.3. The largest absolute Gasteiger partial charge is 0.480 e. The Kier molecular flexibility index (Phi) is 13.8. The van der Waals surface area contributed by atoms with Crippen LogP contribution in [0.5, 0.6) is 0 Å². The minimum atomic E-state index is -1.17. The van der Waals surface area contributed by atoms with Gasteiger partial charge in [-0.25, -0.2) is 9.59 Å². The van der Waals surface area contributed by atoms with E-state index in [0.29, 0.717) is 6.42 Å². The van der Waals surface area contributed by atoms with E-state index in [0.717, 1.165) is 36.3 Å². The topological polar surface area (TPSA) is 93.1 Å². The number of amides is 1. The second-order valence-electron chi connectivity index (χ2n) is 10.2. The quantitative estimate of drug-likeness (QED) is 0.186. The molecule has 0 bridgehead atoms. The molecule has 0 saturated heterocycles.